The quantitative estimate of drug-likeness (QED) is 0.208. The van der Waals surface area contributed by atoms with Gasteiger partial charge in [-0.25, -0.2) is 23.8 Å². The lowest BCUT2D eigenvalue weighted by molar-refractivity contribution is -0.139. The Kier molecular flexibility index (Phi) is 7.54. The van der Waals surface area contributed by atoms with Crippen LogP contribution in [-0.4, -0.2) is 47.8 Å². The summed E-state index contributed by atoms with van der Waals surface area (Å²) in [6.07, 6.45) is 2.12. The van der Waals surface area contributed by atoms with Crippen LogP contribution in [0.4, 0.5) is 10.3 Å². The molecular formula is C29H28FN7O3. The summed E-state index contributed by atoms with van der Waals surface area (Å²) in [5.74, 6) is -0.927. The lowest BCUT2D eigenvalue weighted by Gasteiger charge is -2.18. The second-order valence-electron chi connectivity index (χ2n) is 9.41. The van der Waals surface area contributed by atoms with Crippen LogP contribution >= 0.6 is 0 Å². The van der Waals surface area contributed by atoms with Gasteiger partial charge in [0.15, 0.2) is 5.82 Å². The Labute approximate surface area is 229 Å². The van der Waals surface area contributed by atoms with E-state index in [1.54, 1.807) is 42.2 Å². The lowest BCUT2D eigenvalue weighted by Crippen LogP contribution is -2.42. The summed E-state index contributed by atoms with van der Waals surface area (Å²) in [4.78, 5) is 36.9. The standard InChI is InChI=1S/C29H28FN7O3/c1-3-19-14-20(30)12-17(2)26(19)27(38)33-24(28(39)40)13-18-8-10-21(11-9-18)37-16-32-25(36-37)15-31-29-34-22-6-4-5-7-23(22)35-29/h4-12,14,16,24H,3,13,15H2,1-2H3,(H,33,38)(H,39,40)(H2,31,34,35). The molecule has 0 aliphatic rings. The van der Waals surface area contributed by atoms with Crippen molar-refractivity contribution in [1.82, 2.24) is 30.0 Å². The van der Waals surface area contributed by atoms with E-state index < -0.39 is 23.7 Å². The molecule has 0 spiro atoms. The number of carbonyl (C=O) groups excluding carboxylic acids is 1. The van der Waals surface area contributed by atoms with Gasteiger partial charge in [-0.15, -0.1) is 5.10 Å². The number of H-pyrrole nitrogens is 1. The molecule has 5 aromatic rings. The third-order valence-corrected chi connectivity index (χ3v) is 6.58. The van der Waals surface area contributed by atoms with Crippen molar-refractivity contribution in [2.45, 2.75) is 39.3 Å². The van der Waals surface area contributed by atoms with Crippen LogP contribution in [0.25, 0.3) is 16.7 Å². The van der Waals surface area contributed by atoms with Gasteiger partial charge in [0.25, 0.3) is 5.91 Å². The maximum atomic E-state index is 13.8. The number of fused-ring (bicyclic) bond motifs is 1. The third-order valence-electron chi connectivity index (χ3n) is 6.58. The molecule has 204 valence electrons. The number of aryl methyl sites for hydroxylation is 2. The Balaban J connectivity index is 1.22. The number of aliphatic carboxylic acids is 1. The number of nitrogens with one attached hydrogen (secondary N) is 3. The highest BCUT2D eigenvalue weighted by molar-refractivity contribution is 5.99. The van der Waals surface area contributed by atoms with Crippen molar-refractivity contribution in [3.63, 3.8) is 0 Å². The number of imidazole rings is 1. The molecule has 0 saturated carbocycles. The highest BCUT2D eigenvalue weighted by atomic mass is 19.1. The zero-order valence-electron chi connectivity index (χ0n) is 22.0. The maximum absolute atomic E-state index is 13.8. The lowest BCUT2D eigenvalue weighted by atomic mass is 9.98. The summed E-state index contributed by atoms with van der Waals surface area (Å²) in [6, 6.07) is 16.3. The number of carboxylic acids is 1. The Morgan fingerprint density at radius 3 is 2.62 bits per heavy atom. The van der Waals surface area contributed by atoms with Crippen LogP contribution in [-0.2, 0) is 24.2 Å². The SMILES string of the molecule is CCc1cc(F)cc(C)c1C(=O)NC(Cc1ccc(-n2cnc(CNc3nc4ccccc4[nH]3)n2)cc1)C(=O)O. The second kappa shape index (κ2) is 11.4. The van der Waals surface area contributed by atoms with Gasteiger partial charge in [-0.1, -0.05) is 31.2 Å². The van der Waals surface area contributed by atoms with E-state index in [2.05, 4.69) is 30.7 Å². The van der Waals surface area contributed by atoms with Gasteiger partial charge in [0, 0.05) is 12.0 Å². The van der Waals surface area contributed by atoms with Gasteiger partial charge < -0.3 is 20.7 Å². The molecule has 5 rings (SSSR count). The minimum atomic E-state index is -1.16. The van der Waals surface area contributed by atoms with Crippen LogP contribution in [0.5, 0.6) is 0 Å². The van der Waals surface area contributed by atoms with Crippen molar-refractivity contribution in [2.24, 2.45) is 0 Å². The first-order chi connectivity index (χ1) is 19.3. The molecule has 1 unspecified atom stereocenters. The van der Waals surface area contributed by atoms with Crippen molar-refractivity contribution in [1.29, 1.82) is 0 Å². The molecule has 10 nitrogen and oxygen atoms in total. The monoisotopic (exact) mass is 541 g/mol. The number of nitrogens with zero attached hydrogens (tertiary/aromatic N) is 4. The number of para-hydroxylation sites is 2. The number of anilines is 1. The molecule has 0 aliphatic heterocycles. The average Bonchev–Trinajstić information content (AvgIpc) is 3.58. The van der Waals surface area contributed by atoms with Crippen LogP contribution in [0.3, 0.4) is 0 Å². The molecule has 0 radical (unpaired) electrons. The summed E-state index contributed by atoms with van der Waals surface area (Å²) >= 11 is 0. The molecule has 0 bridgehead atoms. The zero-order valence-corrected chi connectivity index (χ0v) is 22.0. The molecule has 3 aromatic carbocycles. The van der Waals surface area contributed by atoms with Gasteiger partial charge in [-0.3, -0.25) is 4.79 Å². The fraction of sp³-hybridized carbons (Fsp3) is 0.207. The predicted octanol–water partition coefficient (Wildman–Crippen LogP) is 4.19. The molecule has 40 heavy (non-hydrogen) atoms. The van der Waals surface area contributed by atoms with E-state index in [4.69, 9.17) is 0 Å². The number of aromatic amines is 1. The number of carbonyl (C=O) groups is 2. The van der Waals surface area contributed by atoms with E-state index >= 15 is 0 Å². The van der Waals surface area contributed by atoms with E-state index in [9.17, 15) is 19.1 Å². The summed E-state index contributed by atoms with van der Waals surface area (Å²) in [5.41, 5.74) is 4.56. The first-order valence-corrected chi connectivity index (χ1v) is 12.8. The molecule has 4 N–H and O–H groups in total. The number of rotatable bonds is 10. The van der Waals surface area contributed by atoms with E-state index in [0.29, 0.717) is 41.4 Å². The van der Waals surface area contributed by atoms with E-state index in [-0.39, 0.29) is 6.42 Å². The van der Waals surface area contributed by atoms with E-state index in [1.165, 1.54) is 12.1 Å². The van der Waals surface area contributed by atoms with Gasteiger partial charge in [0.2, 0.25) is 5.95 Å². The zero-order chi connectivity index (χ0) is 28.2. The van der Waals surface area contributed by atoms with Gasteiger partial charge in [0.05, 0.1) is 23.3 Å². The fourth-order valence-electron chi connectivity index (χ4n) is 4.57. The summed E-state index contributed by atoms with van der Waals surface area (Å²) in [5, 5.41) is 20.0. The summed E-state index contributed by atoms with van der Waals surface area (Å²) in [6.45, 7) is 3.82. The molecule has 0 aliphatic carbocycles. The largest absolute Gasteiger partial charge is 0.480 e. The van der Waals surface area contributed by atoms with Crippen LogP contribution < -0.4 is 10.6 Å². The van der Waals surface area contributed by atoms with Gasteiger partial charge in [0.1, 0.15) is 18.2 Å². The smallest absolute Gasteiger partial charge is 0.326 e. The number of hydrogen-bond acceptors (Lipinski definition) is 6. The minimum Gasteiger partial charge on any atom is -0.480 e. The average molecular weight is 542 g/mol. The van der Waals surface area contributed by atoms with Crippen molar-refractivity contribution in [3.05, 3.63) is 101 Å². The van der Waals surface area contributed by atoms with Gasteiger partial charge in [-0.05, 0) is 66.4 Å². The van der Waals surface area contributed by atoms with Crippen molar-refractivity contribution in [3.8, 4) is 5.69 Å². The Morgan fingerprint density at radius 1 is 1.12 bits per heavy atom. The molecule has 0 saturated heterocycles. The minimum absolute atomic E-state index is 0.0765. The molecule has 2 heterocycles. The fourth-order valence-corrected chi connectivity index (χ4v) is 4.57. The second-order valence-corrected chi connectivity index (χ2v) is 9.41. The summed E-state index contributed by atoms with van der Waals surface area (Å²) in [7, 11) is 0. The number of aromatic nitrogens is 5. The number of hydrogen-bond donors (Lipinski definition) is 4. The van der Waals surface area contributed by atoms with Crippen LogP contribution in [0.2, 0.25) is 0 Å². The Bertz CT molecular complexity index is 1640. The third kappa shape index (κ3) is 5.83. The Morgan fingerprint density at radius 2 is 1.90 bits per heavy atom. The van der Waals surface area contributed by atoms with Crippen molar-refractivity contribution < 1.29 is 19.1 Å². The first kappa shape index (κ1) is 26.5. The molecule has 2 aromatic heterocycles. The molecular weight excluding hydrogens is 513 g/mol. The van der Waals surface area contributed by atoms with Crippen molar-refractivity contribution in [2.75, 3.05) is 5.32 Å². The number of benzene rings is 3. The van der Waals surface area contributed by atoms with Crippen LogP contribution in [0.15, 0.2) is 67.0 Å². The number of amides is 1. The van der Waals surface area contributed by atoms with E-state index in [1.807, 2.05) is 31.2 Å². The maximum Gasteiger partial charge on any atom is 0.326 e. The van der Waals surface area contributed by atoms with E-state index in [0.717, 1.165) is 22.3 Å². The predicted molar refractivity (Wildman–Crippen MR) is 148 cm³/mol. The van der Waals surface area contributed by atoms with Crippen LogP contribution in [0.1, 0.15) is 39.8 Å². The van der Waals surface area contributed by atoms with Gasteiger partial charge in [-0.2, -0.15) is 0 Å². The highest BCUT2D eigenvalue weighted by Crippen LogP contribution is 2.19. The molecule has 11 heteroatoms. The van der Waals surface area contributed by atoms with Gasteiger partial charge >= 0.3 is 5.97 Å². The topological polar surface area (TPSA) is 138 Å². The molecule has 0 fully saturated rings. The molecule has 1 atom stereocenters. The summed E-state index contributed by atoms with van der Waals surface area (Å²) < 4.78 is 15.4. The number of carboxylic acid groups (broad SMARTS) is 1. The number of halogens is 1. The highest BCUT2D eigenvalue weighted by Gasteiger charge is 2.24. The molecule has 1 amide bonds. The normalized spacial score (nSPS) is 11.9. The first-order valence-electron chi connectivity index (χ1n) is 12.8. The Hall–Kier alpha value is -5.06. The van der Waals surface area contributed by atoms with Crippen LogP contribution in [0, 0.1) is 12.7 Å². The van der Waals surface area contributed by atoms with Crippen molar-refractivity contribution >= 4 is 28.9 Å².